The van der Waals surface area contributed by atoms with Crippen molar-refractivity contribution in [3.05, 3.63) is 59.9 Å². The first-order chi connectivity index (χ1) is 11.6. The topological polar surface area (TPSA) is 54.8 Å². The fraction of sp³-hybridized carbons (Fsp3) is 0.421. The molecule has 0 aliphatic carbocycles. The third-order valence-electron chi connectivity index (χ3n) is 4.09. The Morgan fingerprint density at radius 1 is 1.29 bits per heavy atom. The monoisotopic (exact) mass is 328 g/mol. The number of hydrogen-bond acceptors (Lipinski definition) is 5. The van der Waals surface area contributed by atoms with Gasteiger partial charge in [0, 0.05) is 32.0 Å². The zero-order chi connectivity index (χ0) is 16.8. The van der Waals surface area contributed by atoms with Gasteiger partial charge in [-0.1, -0.05) is 12.1 Å². The van der Waals surface area contributed by atoms with Crippen LogP contribution in [0.1, 0.15) is 11.1 Å². The van der Waals surface area contributed by atoms with E-state index >= 15 is 0 Å². The fourth-order valence-electron chi connectivity index (χ4n) is 2.89. The van der Waals surface area contributed by atoms with E-state index in [-0.39, 0.29) is 13.2 Å². The lowest BCUT2D eigenvalue weighted by atomic mass is 10.1. The van der Waals surface area contributed by atoms with Gasteiger partial charge in [-0.2, -0.15) is 0 Å². The Bertz CT molecular complexity index is 650. The van der Waals surface area contributed by atoms with Crippen molar-refractivity contribution in [2.24, 2.45) is 0 Å². The number of β-amino-alcohol motifs (C(OH)–C–C–N with tert-alkyl or cyclic N) is 1. The maximum atomic E-state index is 10.9. The Kier molecular flexibility index (Phi) is 5.45. The predicted molar refractivity (Wildman–Crippen MR) is 92.0 cm³/mol. The van der Waals surface area contributed by atoms with Crippen LogP contribution in [0.25, 0.3) is 0 Å². The Balaban J connectivity index is 1.62. The van der Waals surface area contributed by atoms with Crippen LogP contribution in [0.4, 0.5) is 0 Å². The first kappa shape index (κ1) is 16.9. The van der Waals surface area contributed by atoms with E-state index in [0.717, 1.165) is 24.4 Å². The van der Waals surface area contributed by atoms with Gasteiger partial charge in [0.05, 0.1) is 13.2 Å². The summed E-state index contributed by atoms with van der Waals surface area (Å²) in [5, 5.41) is 10.9. The molecule has 2 aromatic rings. The molecule has 5 nitrogen and oxygen atoms in total. The Labute approximate surface area is 142 Å². The maximum Gasteiger partial charge on any atom is 0.134 e. The first-order valence-electron chi connectivity index (χ1n) is 8.24. The molecular formula is C19H24N2O3. The highest BCUT2D eigenvalue weighted by Crippen LogP contribution is 2.19. The molecule has 1 aliphatic heterocycles. The van der Waals surface area contributed by atoms with Gasteiger partial charge in [-0.15, -0.1) is 0 Å². The Morgan fingerprint density at radius 2 is 2.12 bits per heavy atom. The summed E-state index contributed by atoms with van der Waals surface area (Å²) in [5.74, 6) is 0.772. The lowest BCUT2D eigenvalue weighted by Crippen LogP contribution is -2.48. The molecule has 1 fully saturated rings. The van der Waals surface area contributed by atoms with E-state index in [1.54, 1.807) is 12.4 Å². The van der Waals surface area contributed by atoms with Crippen LogP contribution in [0, 0.1) is 6.92 Å². The molecule has 2 heterocycles. The van der Waals surface area contributed by atoms with Gasteiger partial charge in [0.1, 0.15) is 18.0 Å². The second kappa shape index (κ2) is 7.75. The number of benzene rings is 1. The van der Waals surface area contributed by atoms with Crippen molar-refractivity contribution in [1.82, 2.24) is 9.88 Å². The van der Waals surface area contributed by atoms with Crippen molar-refractivity contribution in [2.45, 2.75) is 19.1 Å². The summed E-state index contributed by atoms with van der Waals surface area (Å²) in [5.41, 5.74) is 1.29. The number of aromatic nitrogens is 1. The molecule has 0 amide bonds. The smallest absolute Gasteiger partial charge is 0.134 e. The van der Waals surface area contributed by atoms with Crippen LogP contribution in [-0.4, -0.2) is 53.5 Å². The van der Waals surface area contributed by atoms with Gasteiger partial charge in [0.2, 0.25) is 0 Å². The van der Waals surface area contributed by atoms with E-state index in [0.29, 0.717) is 13.2 Å². The van der Waals surface area contributed by atoms with Gasteiger partial charge in [0.15, 0.2) is 0 Å². The summed E-state index contributed by atoms with van der Waals surface area (Å²) in [6.07, 6.45) is 3.58. The molecule has 0 saturated carbocycles. The average molecular weight is 328 g/mol. The normalized spacial score (nSPS) is 22.1. The predicted octanol–water partition coefficient (Wildman–Crippen LogP) is 2.03. The molecule has 1 aliphatic rings. The highest BCUT2D eigenvalue weighted by Gasteiger charge is 2.33. The minimum Gasteiger partial charge on any atom is -0.490 e. The van der Waals surface area contributed by atoms with Crippen molar-refractivity contribution in [2.75, 3.05) is 32.9 Å². The minimum absolute atomic E-state index is 0.212. The lowest BCUT2D eigenvalue weighted by Gasteiger charge is -2.30. The molecule has 1 aromatic heterocycles. The van der Waals surface area contributed by atoms with Crippen molar-refractivity contribution in [3.63, 3.8) is 0 Å². The Hall–Kier alpha value is -1.95. The quantitative estimate of drug-likeness (QED) is 0.910. The van der Waals surface area contributed by atoms with Crippen molar-refractivity contribution in [3.8, 4) is 5.75 Å². The van der Waals surface area contributed by atoms with Crippen LogP contribution in [-0.2, 0) is 11.3 Å². The maximum absolute atomic E-state index is 10.9. The molecular weight excluding hydrogens is 304 g/mol. The third kappa shape index (κ3) is 4.77. The highest BCUT2D eigenvalue weighted by atomic mass is 16.5. The van der Waals surface area contributed by atoms with Gasteiger partial charge in [0.25, 0.3) is 0 Å². The number of hydrogen-bond donors (Lipinski definition) is 1. The minimum atomic E-state index is -1.02. The van der Waals surface area contributed by atoms with Crippen LogP contribution in [0.2, 0.25) is 0 Å². The average Bonchev–Trinajstić information content (AvgIpc) is 2.76. The summed E-state index contributed by atoms with van der Waals surface area (Å²) >= 11 is 0. The summed E-state index contributed by atoms with van der Waals surface area (Å²) in [6, 6.07) is 11.8. The highest BCUT2D eigenvalue weighted by molar-refractivity contribution is 5.27. The van der Waals surface area contributed by atoms with Gasteiger partial charge in [-0.05, 0) is 42.3 Å². The largest absolute Gasteiger partial charge is 0.490 e. The van der Waals surface area contributed by atoms with Gasteiger partial charge in [-0.25, -0.2) is 0 Å². The second-order valence-electron chi connectivity index (χ2n) is 6.45. The standard InChI is InChI=1S/C19H24N2O3/c1-16-3-2-4-18(11-16)24-15-19(22)13-21(9-10-23-14-19)12-17-5-7-20-8-6-17/h2-8,11,22H,9-10,12-15H2,1H3/t19-/m0/s1. The lowest BCUT2D eigenvalue weighted by molar-refractivity contribution is -0.0646. The van der Waals surface area contributed by atoms with E-state index in [4.69, 9.17) is 9.47 Å². The summed E-state index contributed by atoms with van der Waals surface area (Å²) in [4.78, 5) is 6.24. The molecule has 0 radical (unpaired) electrons. The molecule has 1 N–H and O–H groups in total. The van der Waals surface area contributed by atoms with Crippen LogP contribution < -0.4 is 4.74 Å². The van der Waals surface area contributed by atoms with Crippen molar-refractivity contribution < 1.29 is 14.6 Å². The molecule has 5 heteroatoms. The van der Waals surface area contributed by atoms with Crippen molar-refractivity contribution in [1.29, 1.82) is 0 Å². The second-order valence-corrected chi connectivity index (χ2v) is 6.45. The number of aliphatic hydroxyl groups is 1. The van der Waals surface area contributed by atoms with Gasteiger partial charge >= 0.3 is 0 Å². The molecule has 0 spiro atoms. The SMILES string of the molecule is Cc1cccc(OC[C@@]2(O)COCCN(Cc3ccncc3)C2)c1. The van der Waals surface area contributed by atoms with E-state index in [2.05, 4.69) is 9.88 Å². The summed E-state index contributed by atoms with van der Waals surface area (Å²) in [6.45, 7) is 5.19. The van der Waals surface area contributed by atoms with E-state index in [1.807, 2.05) is 43.3 Å². The molecule has 1 aromatic carbocycles. The number of ether oxygens (including phenoxy) is 2. The number of aryl methyl sites for hydroxylation is 1. The fourth-order valence-corrected chi connectivity index (χ4v) is 2.89. The Morgan fingerprint density at radius 3 is 2.92 bits per heavy atom. The third-order valence-corrected chi connectivity index (χ3v) is 4.09. The first-order valence-corrected chi connectivity index (χ1v) is 8.24. The van der Waals surface area contributed by atoms with Crippen LogP contribution in [0.3, 0.4) is 0 Å². The summed E-state index contributed by atoms with van der Waals surface area (Å²) < 4.78 is 11.4. The van der Waals surface area contributed by atoms with E-state index in [9.17, 15) is 5.11 Å². The van der Waals surface area contributed by atoms with Gasteiger partial charge < -0.3 is 14.6 Å². The molecule has 24 heavy (non-hydrogen) atoms. The molecule has 3 rings (SSSR count). The number of nitrogens with zero attached hydrogens (tertiary/aromatic N) is 2. The zero-order valence-electron chi connectivity index (χ0n) is 14.0. The molecule has 1 saturated heterocycles. The van der Waals surface area contributed by atoms with Crippen LogP contribution >= 0.6 is 0 Å². The molecule has 1 atom stereocenters. The van der Waals surface area contributed by atoms with Crippen LogP contribution in [0.15, 0.2) is 48.8 Å². The van der Waals surface area contributed by atoms with Crippen LogP contribution in [0.5, 0.6) is 5.75 Å². The molecule has 0 unspecified atom stereocenters. The van der Waals surface area contributed by atoms with Crippen molar-refractivity contribution >= 4 is 0 Å². The molecule has 128 valence electrons. The number of pyridine rings is 1. The summed E-state index contributed by atoms with van der Waals surface area (Å²) in [7, 11) is 0. The van der Waals surface area contributed by atoms with Gasteiger partial charge in [-0.3, -0.25) is 9.88 Å². The molecule has 0 bridgehead atoms. The number of rotatable bonds is 5. The van der Waals surface area contributed by atoms with E-state index in [1.165, 1.54) is 5.56 Å². The van der Waals surface area contributed by atoms with E-state index < -0.39 is 5.60 Å². The zero-order valence-corrected chi connectivity index (χ0v) is 14.0.